The third-order valence-corrected chi connectivity index (χ3v) is 4.78. The molecule has 1 fully saturated rings. The number of nitrogens with zero attached hydrogens (tertiary/aromatic N) is 1. The van der Waals surface area contributed by atoms with Crippen molar-refractivity contribution in [2.45, 2.75) is 31.7 Å². The minimum Gasteiger partial charge on any atom is -0.349 e. The fraction of sp³-hybridized carbons (Fsp3) is 0.385. The van der Waals surface area contributed by atoms with E-state index in [4.69, 9.17) is 0 Å². The molecule has 0 spiro atoms. The van der Waals surface area contributed by atoms with Gasteiger partial charge in [0.1, 0.15) is 0 Å². The zero-order valence-electron chi connectivity index (χ0n) is 9.78. The Bertz CT molecular complexity index is 590. The van der Waals surface area contributed by atoms with Gasteiger partial charge in [0.15, 0.2) is 3.92 Å². The smallest absolute Gasteiger partial charge is 0.251 e. The maximum Gasteiger partial charge on any atom is 0.251 e. The van der Waals surface area contributed by atoms with Crippen molar-refractivity contribution < 1.29 is 4.79 Å². The lowest BCUT2D eigenvalue weighted by atomic mass is 10.1. The highest BCUT2D eigenvalue weighted by molar-refractivity contribution is 9.11. The highest BCUT2D eigenvalue weighted by Gasteiger charge is 2.18. The largest absolute Gasteiger partial charge is 0.349 e. The Balaban J connectivity index is 1.81. The van der Waals surface area contributed by atoms with Crippen molar-refractivity contribution in [2.24, 2.45) is 0 Å². The summed E-state index contributed by atoms with van der Waals surface area (Å²) in [4.78, 5) is 16.4. The predicted octanol–water partition coefficient (Wildman–Crippen LogP) is 3.73. The first-order chi connectivity index (χ1) is 8.72. The normalized spacial score (nSPS) is 16.3. The van der Waals surface area contributed by atoms with Crippen molar-refractivity contribution in [3.05, 3.63) is 27.7 Å². The monoisotopic (exact) mass is 324 g/mol. The van der Waals surface area contributed by atoms with Gasteiger partial charge in [-0.2, -0.15) is 0 Å². The Morgan fingerprint density at radius 3 is 2.94 bits per heavy atom. The van der Waals surface area contributed by atoms with Gasteiger partial charge in [0.25, 0.3) is 5.91 Å². The molecule has 0 atom stereocenters. The van der Waals surface area contributed by atoms with Gasteiger partial charge < -0.3 is 5.32 Å². The van der Waals surface area contributed by atoms with Crippen LogP contribution < -0.4 is 5.32 Å². The molecule has 94 valence electrons. The molecular weight excluding hydrogens is 312 g/mol. The third kappa shape index (κ3) is 2.42. The zero-order valence-corrected chi connectivity index (χ0v) is 12.2. The quantitative estimate of drug-likeness (QED) is 0.914. The molecule has 0 bridgehead atoms. The van der Waals surface area contributed by atoms with E-state index in [-0.39, 0.29) is 5.91 Å². The number of thiazole rings is 1. The van der Waals surface area contributed by atoms with E-state index in [0.717, 1.165) is 32.5 Å². The molecule has 0 radical (unpaired) electrons. The van der Waals surface area contributed by atoms with E-state index in [1.165, 1.54) is 12.8 Å². The minimum atomic E-state index is 0.0355. The maximum atomic E-state index is 12.1. The van der Waals surface area contributed by atoms with Gasteiger partial charge in [0, 0.05) is 11.6 Å². The standard InChI is InChI=1S/C13H13BrN2OS/c14-13-16-10-6-5-8(7-11(10)18-13)12(17)15-9-3-1-2-4-9/h5-7,9H,1-4H2,(H,15,17). The summed E-state index contributed by atoms with van der Waals surface area (Å²) >= 11 is 4.92. The molecule has 1 N–H and O–H groups in total. The number of halogens is 1. The first-order valence-corrected chi connectivity index (χ1v) is 7.70. The molecule has 1 saturated carbocycles. The van der Waals surface area contributed by atoms with E-state index in [9.17, 15) is 4.79 Å². The molecule has 1 aliphatic rings. The Labute approximate surface area is 118 Å². The molecule has 0 aliphatic heterocycles. The second-order valence-corrected chi connectivity index (χ2v) is 6.91. The molecule has 0 unspecified atom stereocenters. The molecular formula is C13H13BrN2OS. The van der Waals surface area contributed by atoms with E-state index in [2.05, 4.69) is 26.2 Å². The van der Waals surface area contributed by atoms with Gasteiger partial charge in [0.05, 0.1) is 10.2 Å². The number of hydrogen-bond acceptors (Lipinski definition) is 3. The molecule has 5 heteroatoms. The van der Waals surface area contributed by atoms with Crippen LogP contribution in [0.2, 0.25) is 0 Å². The predicted molar refractivity (Wildman–Crippen MR) is 77.0 cm³/mol. The lowest BCUT2D eigenvalue weighted by molar-refractivity contribution is 0.0938. The number of fused-ring (bicyclic) bond motifs is 1. The summed E-state index contributed by atoms with van der Waals surface area (Å²) in [5, 5.41) is 3.10. The van der Waals surface area contributed by atoms with E-state index < -0.39 is 0 Å². The number of amides is 1. The van der Waals surface area contributed by atoms with Gasteiger partial charge in [-0.1, -0.05) is 12.8 Å². The van der Waals surface area contributed by atoms with Crippen LogP contribution in [0.15, 0.2) is 22.1 Å². The number of carbonyl (C=O) groups excluding carboxylic acids is 1. The van der Waals surface area contributed by atoms with Crippen LogP contribution in [0.3, 0.4) is 0 Å². The molecule has 1 heterocycles. The molecule has 1 aromatic heterocycles. The Hall–Kier alpha value is -0.940. The van der Waals surface area contributed by atoms with Crippen LogP contribution in [0.1, 0.15) is 36.0 Å². The summed E-state index contributed by atoms with van der Waals surface area (Å²) in [5.74, 6) is 0.0355. The number of aromatic nitrogens is 1. The highest BCUT2D eigenvalue weighted by atomic mass is 79.9. The van der Waals surface area contributed by atoms with Crippen molar-refractivity contribution in [3.8, 4) is 0 Å². The SMILES string of the molecule is O=C(NC1CCCC1)c1ccc2nc(Br)sc2c1. The van der Waals surface area contributed by atoms with Gasteiger partial charge >= 0.3 is 0 Å². The van der Waals surface area contributed by atoms with Crippen LogP contribution in [0.25, 0.3) is 10.2 Å². The van der Waals surface area contributed by atoms with Gasteiger partial charge in [0.2, 0.25) is 0 Å². The lowest BCUT2D eigenvalue weighted by Gasteiger charge is -2.11. The maximum absolute atomic E-state index is 12.1. The van der Waals surface area contributed by atoms with Crippen LogP contribution in [0.4, 0.5) is 0 Å². The minimum absolute atomic E-state index is 0.0355. The van der Waals surface area contributed by atoms with Crippen molar-refractivity contribution in [3.63, 3.8) is 0 Å². The summed E-state index contributed by atoms with van der Waals surface area (Å²) in [6.45, 7) is 0. The third-order valence-electron chi connectivity index (χ3n) is 3.31. The topological polar surface area (TPSA) is 42.0 Å². The molecule has 1 amide bonds. The van der Waals surface area contributed by atoms with Gasteiger partial charge in [-0.25, -0.2) is 4.98 Å². The summed E-state index contributed by atoms with van der Waals surface area (Å²) in [6, 6.07) is 6.03. The second-order valence-electron chi connectivity index (χ2n) is 4.60. The summed E-state index contributed by atoms with van der Waals surface area (Å²) < 4.78 is 1.90. The summed E-state index contributed by atoms with van der Waals surface area (Å²) in [6.07, 6.45) is 4.68. The average Bonchev–Trinajstić information content (AvgIpc) is 2.95. The highest BCUT2D eigenvalue weighted by Crippen LogP contribution is 2.27. The molecule has 18 heavy (non-hydrogen) atoms. The fourth-order valence-electron chi connectivity index (χ4n) is 2.38. The average molecular weight is 325 g/mol. The van der Waals surface area contributed by atoms with Crippen molar-refractivity contribution in [1.82, 2.24) is 10.3 Å². The van der Waals surface area contributed by atoms with Crippen LogP contribution in [-0.2, 0) is 0 Å². The zero-order chi connectivity index (χ0) is 12.5. The number of benzene rings is 1. The Kier molecular flexibility index (Phi) is 3.35. The van der Waals surface area contributed by atoms with E-state index in [1.807, 2.05) is 18.2 Å². The van der Waals surface area contributed by atoms with Crippen molar-refractivity contribution in [2.75, 3.05) is 0 Å². The Morgan fingerprint density at radius 2 is 2.17 bits per heavy atom. The number of carbonyl (C=O) groups is 1. The first kappa shape index (κ1) is 12.1. The lowest BCUT2D eigenvalue weighted by Crippen LogP contribution is -2.32. The molecule has 0 saturated heterocycles. The number of rotatable bonds is 2. The van der Waals surface area contributed by atoms with Crippen molar-refractivity contribution >= 4 is 43.4 Å². The van der Waals surface area contributed by atoms with E-state index in [1.54, 1.807) is 11.3 Å². The fourth-order valence-corrected chi connectivity index (χ4v) is 3.82. The van der Waals surface area contributed by atoms with Crippen molar-refractivity contribution in [1.29, 1.82) is 0 Å². The van der Waals surface area contributed by atoms with Crippen LogP contribution >= 0.6 is 27.3 Å². The molecule has 1 aliphatic carbocycles. The number of hydrogen-bond donors (Lipinski definition) is 1. The van der Waals surface area contributed by atoms with Gasteiger partial charge in [-0.3, -0.25) is 4.79 Å². The van der Waals surface area contributed by atoms with E-state index >= 15 is 0 Å². The first-order valence-electron chi connectivity index (χ1n) is 6.09. The second kappa shape index (κ2) is 4.97. The Morgan fingerprint density at radius 1 is 1.39 bits per heavy atom. The molecule has 1 aromatic carbocycles. The van der Waals surface area contributed by atoms with Crippen LogP contribution in [0, 0.1) is 0 Å². The van der Waals surface area contributed by atoms with E-state index in [0.29, 0.717) is 6.04 Å². The van der Waals surface area contributed by atoms with Gasteiger partial charge in [-0.05, 0) is 47.0 Å². The summed E-state index contributed by atoms with van der Waals surface area (Å²) in [7, 11) is 0. The van der Waals surface area contributed by atoms with Crippen LogP contribution in [0.5, 0.6) is 0 Å². The number of nitrogens with one attached hydrogen (secondary N) is 1. The van der Waals surface area contributed by atoms with Gasteiger partial charge in [-0.15, -0.1) is 11.3 Å². The molecule has 3 nitrogen and oxygen atoms in total. The molecule has 3 rings (SSSR count). The molecule has 2 aromatic rings. The summed E-state index contributed by atoms with van der Waals surface area (Å²) in [5.41, 5.74) is 1.66. The van der Waals surface area contributed by atoms with Crippen LogP contribution in [-0.4, -0.2) is 16.9 Å².